The molecular weight excluding hydrogens is 318 g/mol. The van der Waals surface area contributed by atoms with Gasteiger partial charge in [-0.1, -0.05) is 0 Å². The fourth-order valence-electron chi connectivity index (χ4n) is 1.83. The predicted octanol–water partition coefficient (Wildman–Crippen LogP) is 3.89. The van der Waals surface area contributed by atoms with Crippen LogP contribution in [0.15, 0.2) is 11.6 Å². The first-order valence-electron chi connectivity index (χ1n) is 6.45. The highest BCUT2D eigenvalue weighted by Gasteiger charge is 2.19. The molecule has 0 spiro atoms. The Balaban J connectivity index is 2.35. The zero-order valence-electron chi connectivity index (χ0n) is 12.7. The van der Waals surface area contributed by atoms with Crippen LogP contribution in [0, 0.1) is 32.1 Å². The number of nitrogens with zero attached hydrogens (tertiary/aromatic N) is 2. The molecule has 0 saturated carbocycles. The molecule has 2 rings (SSSR count). The Labute approximate surface area is 136 Å². The van der Waals surface area contributed by atoms with Crippen LogP contribution in [0.3, 0.4) is 0 Å². The zero-order valence-corrected chi connectivity index (χ0v) is 14.3. The minimum Gasteiger partial charge on any atom is -0.465 e. The maximum atomic E-state index is 11.9. The Morgan fingerprint density at radius 1 is 1.45 bits per heavy atom. The Hall–Kier alpha value is -2.17. The van der Waals surface area contributed by atoms with Gasteiger partial charge in [-0.2, -0.15) is 5.26 Å². The monoisotopic (exact) mass is 333 g/mol. The van der Waals surface area contributed by atoms with Crippen molar-refractivity contribution in [2.24, 2.45) is 0 Å². The van der Waals surface area contributed by atoms with Crippen LogP contribution in [0.1, 0.15) is 31.5 Å². The van der Waals surface area contributed by atoms with Crippen molar-refractivity contribution in [3.63, 3.8) is 0 Å². The number of thiazole rings is 1. The molecule has 7 heteroatoms. The number of hydrogen-bond donors (Lipinski definition) is 1. The Bertz CT molecular complexity index is 781. The van der Waals surface area contributed by atoms with Crippen molar-refractivity contribution in [2.75, 3.05) is 12.4 Å². The first kappa shape index (κ1) is 16.2. The molecule has 0 aliphatic heterocycles. The third-order valence-electron chi connectivity index (χ3n) is 3.09. The van der Waals surface area contributed by atoms with Crippen molar-refractivity contribution in [3.8, 4) is 6.07 Å². The van der Waals surface area contributed by atoms with Gasteiger partial charge in [0.25, 0.3) is 0 Å². The number of methoxy groups -OCH3 is 1. The normalized spacial score (nSPS) is 11.1. The summed E-state index contributed by atoms with van der Waals surface area (Å²) < 4.78 is 4.82. The highest BCUT2D eigenvalue weighted by Crippen LogP contribution is 2.33. The van der Waals surface area contributed by atoms with Crippen LogP contribution in [0.4, 0.5) is 5.00 Å². The van der Waals surface area contributed by atoms with E-state index in [1.165, 1.54) is 29.8 Å². The van der Waals surface area contributed by atoms with E-state index in [0.717, 1.165) is 16.1 Å². The lowest BCUT2D eigenvalue weighted by Gasteiger charge is -2.03. The molecule has 0 amide bonds. The molecule has 0 aliphatic carbocycles. The second kappa shape index (κ2) is 6.73. The van der Waals surface area contributed by atoms with E-state index in [1.807, 2.05) is 26.2 Å². The summed E-state index contributed by atoms with van der Waals surface area (Å²) in [5.41, 5.74) is 2.70. The lowest BCUT2D eigenvalue weighted by molar-refractivity contribution is 0.0601. The van der Waals surface area contributed by atoms with Crippen LogP contribution in [-0.2, 0) is 4.74 Å². The number of rotatable bonds is 4. The van der Waals surface area contributed by atoms with Gasteiger partial charge < -0.3 is 10.1 Å². The van der Waals surface area contributed by atoms with Gasteiger partial charge >= 0.3 is 5.97 Å². The van der Waals surface area contributed by atoms with Gasteiger partial charge in [0.2, 0.25) is 0 Å². The van der Waals surface area contributed by atoms with Crippen molar-refractivity contribution >= 4 is 39.2 Å². The number of allylic oxidation sites excluding steroid dienone is 1. The molecule has 2 heterocycles. The van der Waals surface area contributed by atoms with Crippen molar-refractivity contribution in [1.82, 2.24) is 4.98 Å². The number of nitriles is 1. The van der Waals surface area contributed by atoms with Gasteiger partial charge in [0, 0.05) is 22.2 Å². The molecule has 5 nitrogen and oxygen atoms in total. The summed E-state index contributed by atoms with van der Waals surface area (Å²) in [6.07, 6.45) is 1.58. The van der Waals surface area contributed by atoms with Gasteiger partial charge in [-0.05, 0) is 26.3 Å². The molecular formula is C15H15N3O2S2. The van der Waals surface area contributed by atoms with E-state index in [1.54, 1.807) is 6.20 Å². The van der Waals surface area contributed by atoms with Gasteiger partial charge in [-0.15, -0.1) is 22.7 Å². The molecule has 1 N–H and O–H groups in total. The van der Waals surface area contributed by atoms with Crippen molar-refractivity contribution < 1.29 is 9.53 Å². The molecule has 22 heavy (non-hydrogen) atoms. The summed E-state index contributed by atoms with van der Waals surface area (Å²) in [7, 11) is 1.35. The van der Waals surface area contributed by atoms with Gasteiger partial charge in [0.1, 0.15) is 21.7 Å². The SMILES string of the molecule is COC(=O)c1c(N/C=C(\C#N)c2nc(C)cs2)sc(C)c1C. The third kappa shape index (κ3) is 3.18. The second-order valence-corrected chi connectivity index (χ2v) is 6.67. The zero-order chi connectivity index (χ0) is 16.3. The van der Waals surface area contributed by atoms with Crippen LogP contribution in [0.5, 0.6) is 0 Å². The summed E-state index contributed by atoms with van der Waals surface area (Å²) >= 11 is 2.87. The Morgan fingerprint density at radius 3 is 2.73 bits per heavy atom. The average Bonchev–Trinajstić information content (AvgIpc) is 3.04. The molecule has 0 unspecified atom stereocenters. The molecule has 0 saturated heterocycles. The lowest BCUT2D eigenvalue weighted by Crippen LogP contribution is -2.04. The minimum absolute atomic E-state index is 0.388. The summed E-state index contributed by atoms with van der Waals surface area (Å²) in [6.45, 7) is 5.70. The number of aromatic nitrogens is 1. The fraction of sp³-hybridized carbons (Fsp3) is 0.267. The summed E-state index contributed by atoms with van der Waals surface area (Å²) in [5.74, 6) is -0.388. The number of anilines is 1. The van der Waals surface area contributed by atoms with E-state index < -0.39 is 0 Å². The first-order valence-corrected chi connectivity index (χ1v) is 8.15. The smallest absolute Gasteiger partial charge is 0.341 e. The van der Waals surface area contributed by atoms with E-state index in [2.05, 4.69) is 16.4 Å². The maximum Gasteiger partial charge on any atom is 0.341 e. The van der Waals surface area contributed by atoms with Crippen LogP contribution in [-0.4, -0.2) is 18.1 Å². The van der Waals surface area contributed by atoms with Gasteiger partial charge in [0.15, 0.2) is 0 Å². The van der Waals surface area contributed by atoms with E-state index in [-0.39, 0.29) is 5.97 Å². The number of carbonyl (C=O) groups excluding carboxylic acids is 1. The van der Waals surface area contributed by atoms with Crippen LogP contribution in [0.25, 0.3) is 5.57 Å². The number of nitrogens with one attached hydrogen (secondary N) is 1. The third-order valence-corrected chi connectivity index (χ3v) is 5.22. The largest absolute Gasteiger partial charge is 0.465 e. The van der Waals surface area contributed by atoms with E-state index in [9.17, 15) is 10.1 Å². The molecule has 0 radical (unpaired) electrons. The van der Waals surface area contributed by atoms with Gasteiger partial charge in [-0.25, -0.2) is 9.78 Å². The van der Waals surface area contributed by atoms with Crippen molar-refractivity contribution in [1.29, 1.82) is 5.26 Å². The average molecular weight is 333 g/mol. The molecule has 2 aromatic rings. The van der Waals surface area contributed by atoms with Crippen LogP contribution >= 0.6 is 22.7 Å². The standard InChI is InChI=1S/C15H15N3O2S2/c1-8-7-21-13(18-8)11(5-16)6-17-14-12(15(19)20-4)9(2)10(3)22-14/h6-7,17H,1-4H3/b11-6+. The lowest BCUT2D eigenvalue weighted by atomic mass is 10.1. The molecule has 0 bridgehead atoms. The minimum atomic E-state index is -0.388. The van der Waals surface area contributed by atoms with Crippen molar-refractivity contribution in [2.45, 2.75) is 20.8 Å². The molecule has 0 aromatic carbocycles. The second-order valence-electron chi connectivity index (χ2n) is 4.59. The number of carbonyl (C=O) groups is 1. The molecule has 2 aromatic heterocycles. The molecule has 0 aliphatic rings. The summed E-state index contributed by atoms with van der Waals surface area (Å²) in [4.78, 5) is 17.2. The highest BCUT2D eigenvalue weighted by molar-refractivity contribution is 7.16. The van der Waals surface area contributed by atoms with Crippen LogP contribution < -0.4 is 5.32 Å². The van der Waals surface area contributed by atoms with Gasteiger partial charge in [0.05, 0.1) is 12.7 Å². The molecule has 0 atom stereocenters. The number of esters is 1. The quantitative estimate of drug-likeness (QED) is 0.678. The maximum absolute atomic E-state index is 11.9. The van der Waals surface area contributed by atoms with E-state index in [0.29, 0.717) is 21.1 Å². The van der Waals surface area contributed by atoms with Gasteiger partial charge in [-0.3, -0.25) is 0 Å². The predicted molar refractivity (Wildman–Crippen MR) is 89.2 cm³/mol. The van der Waals surface area contributed by atoms with E-state index >= 15 is 0 Å². The van der Waals surface area contributed by atoms with Crippen molar-refractivity contribution in [3.05, 3.63) is 38.3 Å². The number of hydrogen-bond acceptors (Lipinski definition) is 7. The van der Waals surface area contributed by atoms with Crippen LogP contribution in [0.2, 0.25) is 0 Å². The molecule has 0 fully saturated rings. The molecule has 114 valence electrons. The highest BCUT2D eigenvalue weighted by atomic mass is 32.1. The topological polar surface area (TPSA) is 75.0 Å². The Kier molecular flexibility index (Phi) is 4.96. The summed E-state index contributed by atoms with van der Waals surface area (Å²) in [6, 6.07) is 2.12. The Morgan fingerprint density at radius 2 is 2.18 bits per heavy atom. The number of aryl methyl sites for hydroxylation is 2. The number of ether oxygens (including phenoxy) is 1. The van der Waals surface area contributed by atoms with E-state index in [4.69, 9.17) is 4.74 Å². The fourth-order valence-corrected chi connectivity index (χ4v) is 3.61. The number of thiophene rings is 1. The summed E-state index contributed by atoms with van der Waals surface area (Å²) in [5, 5.41) is 15.5. The first-order chi connectivity index (χ1) is 10.5.